The van der Waals surface area contributed by atoms with Gasteiger partial charge in [-0.15, -0.1) is 11.3 Å². The average molecular weight is 403 g/mol. The summed E-state index contributed by atoms with van der Waals surface area (Å²) < 4.78 is 34.4. The Morgan fingerprint density at radius 3 is 2.70 bits per heavy atom. The molecule has 1 N–H and O–H groups in total. The number of hydrogen-bond acceptors (Lipinski definition) is 5. The molecule has 0 aliphatic heterocycles. The second-order valence-electron chi connectivity index (χ2n) is 7.09. The van der Waals surface area contributed by atoms with Crippen molar-refractivity contribution >= 4 is 27.0 Å². The highest BCUT2D eigenvalue weighted by molar-refractivity contribution is 7.94. The highest BCUT2D eigenvalue weighted by atomic mass is 32.2. The summed E-state index contributed by atoms with van der Waals surface area (Å²) in [5.74, 6) is 1.80. The fraction of sp³-hybridized carbons (Fsp3) is 0.350. The van der Waals surface area contributed by atoms with Gasteiger partial charge in [-0.3, -0.25) is 4.72 Å². The Morgan fingerprint density at radius 1 is 1.15 bits per heavy atom. The number of thiophene rings is 1. The molecule has 4 rings (SSSR count). The lowest BCUT2D eigenvalue weighted by Gasteiger charge is -2.10. The molecule has 2 heterocycles. The molecule has 0 saturated heterocycles. The molecular formula is C20H22N2O3S2. The summed E-state index contributed by atoms with van der Waals surface area (Å²) in [6, 6.07) is 9.10. The quantitative estimate of drug-likeness (QED) is 0.613. The van der Waals surface area contributed by atoms with E-state index >= 15 is 0 Å². The van der Waals surface area contributed by atoms with Crippen LogP contribution in [0.4, 0.5) is 5.69 Å². The van der Waals surface area contributed by atoms with E-state index in [2.05, 4.69) is 9.71 Å². The van der Waals surface area contributed by atoms with Gasteiger partial charge in [0.25, 0.3) is 10.0 Å². The molecule has 0 spiro atoms. The van der Waals surface area contributed by atoms with Gasteiger partial charge in [0.15, 0.2) is 11.7 Å². The van der Waals surface area contributed by atoms with Crippen LogP contribution in [0, 0.1) is 13.8 Å². The van der Waals surface area contributed by atoms with Crippen molar-refractivity contribution in [2.75, 3.05) is 4.72 Å². The van der Waals surface area contributed by atoms with Crippen LogP contribution in [0.25, 0.3) is 10.6 Å². The van der Waals surface area contributed by atoms with E-state index in [0.29, 0.717) is 17.4 Å². The number of rotatable bonds is 5. The smallest absolute Gasteiger partial charge is 0.271 e. The SMILES string of the molecule is Cc1ccc(C)c(NS(=O)(=O)c2ccc(-c3cnc(C4CCCC4)o3)s2)c1. The van der Waals surface area contributed by atoms with Gasteiger partial charge >= 0.3 is 0 Å². The van der Waals surface area contributed by atoms with E-state index in [0.717, 1.165) is 34.7 Å². The zero-order chi connectivity index (χ0) is 19.0. The minimum absolute atomic E-state index is 0.261. The Morgan fingerprint density at radius 2 is 1.93 bits per heavy atom. The van der Waals surface area contributed by atoms with E-state index in [-0.39, 0.29) is 4.21 Å². The molecule has 0 radical (unpaired) electrons. The fourth-order valence-electron chi connectivity index (χ4n) is 3.40. The number of oxazole rings is 1. The van der Waals surface area contributed by atoms with Crippen molar-refractivity contribution in [1.82, 2.24) is 4.98 Å². The number of aryl methyl sites for hydroxylation is 2. The van der Waals surface area contributed by atoms with Crippen molar-refractivity contribution in [2.24, 2.45) is 0 Å². The summed E-state index contributed by atoms with van der Waals surface area (Å²) in [5, 5.41) is 0. The zero-order valence-electron chi connectivity index (χ0n) is 15.4. The largest absolute Gasteiger partial charge is 0.440 e. The number of aromatic nitrogens is 1. The zero-order valence-corrected chi connectivity index (χ0v) is 17.0. The van der Waals surface area contributed by atoms with Crippen LogP contribution >= 0.6 is 11.3 Å². The summed E-state index contributed by atoms with van der Waals surface area (Å²) in [5.41, 5.74) is 2.50. The van der Waals surface area contributed by atoms with E-state index in [1.807, 2.05) is 32.0 Å². The molecule has 2 aromatic heterocycles. The van der Waals surface area contributed by atoms with Gasteiger partial charge in [0.05, 0.1) is 16.8 Å². The number of nitrogens with zero attached hydrogens (tertiary/aromatic N) is 1. The van der Waals surface area contributed by atoms with Gasteiger partial charge in [-0.25, -0.2) is 13.4 Å². The topological polar surface area (TPSA) is 72.2 Å². The molecule has 5 nitrogen and oxygen atoms in total. The van der Waals surface area contributed by atoms with E-state index < -0.39 is 10.0 Å². The van der Waals surface area contributed by atoms with E-state index in [9.17, 15) is 8.42 Å². The number of benzene rings is 1. The first-order valence-electron chi connectivity index (χ1n) is 9.08. The number of nitrogens with one attached hydrogen (secondary N) is 1. The van der Waals surface area contributed by atoms with Crippen molar-refractivity contribution in [2.45, 2.75) is 49.7 Å². The summed E-state index contributed by atoms with van der Waals surface area (Å²) in [4.78, 5) is 5.18. The van der Waals surface area contributed by atoms with Crippen molar-refractivity contribution in [1.29, 1.82) is 0 Å². The molecule has 27 heavy (non-hydrogen) atoms. The van der Waals surface area contributed by atoms with E-state index in [4.69, 9.17) is 4.42 Å². The number of anilines is 1. The molecule has 1 fully saturated rings. The monoisotopic (exact) mass is 402 g/mol. The molecular weight excluding hydrogens is 380 g/mol. The molecule has 0 amide bonds. The molecule has 7 heteroatoms. The van der Waals surface area contributed by atoms with Gasteiger partial charge in [0.2, 0.25) is 0 Å². The van der Waals surface area contributed by atoms with Gasteiger partial charge in [-0.1, -0.05) is 25.0 Å². The molecule has 1 saturated carbocycles. The maximum Gasteiger partial charge on any atom is 0.271 e. The van der Waals surface area contributed by atoms with Crippen molar-refractivity contribution in [3.8, 4) is 10.6 Å². The van der Waals surface area contributed by atoms with Crippen LogP contribution < -0.4 is 4.72 Å². The van der Waals surface area contributed by atoms with Crippen molar-refractivity contribution < 1.29 is 12.8 Å². The summed E-state index contributed by atoms with van der Waals surface area (Å²) in [6.45, 7) is 3.82. The number of sulfonamides is 1. The molecule has 3 aromatic rings. The maximum atomic E-state index is 12.8. The summed E-state index contributed by atoms with van der Waals surface area (Å²) in [6.07, 6.45) is 6.36. The third kappa shape index (κ3) is 3.80. The molecule has 0 atom stereocenters. The molecule has 1 aliphatic carbocycles. The minimum atomic E-state index is -3.64. The van der Waals surface area contributed by atoms with Crippen LogP contribution in [0.5, 0.6) is 0 Å². The lowest BCUT2D eigenvalue weighted by atomic mass is 10.1. The summed E-state index contributed by atoms with van der Waals surface area (Å²) >= 11 is 1.19. The third-order valence-corrected chi connectivity index (χ3v) is 7.91. The van der Waals surface area contributed by atoms with E-state index in [1.165, 1.54) is 24.2 Å². The number of hydrogen-bond donors (Lipinski definition) is 1. The van der Waals surface area contributed by atoms with Crippen LogP contribution in [0.15, 0.2) is 45.2 Å². The minimum Gasteiger partial charge on any atom is -0.440 e. The highest BCUT2D eigenvalue weighted by Crippen LogP contribution is 2.37. The van der Waals surface area contributed by atoms with Crippen LogP contribution in [0.3, 0.4) is 0 Å². The second kappa shape index (κ2) is 7.13. The average Bonchev–Trinajstić information content (AvgIpc) is 3.38. The van der Waals surface area contributed by atoms with Gasteiger partial charge in [0.1, 0.15) is 4.21 Å². The van der Waals surface area contributed by atoms with Gasteiger partial charge in [-0.2, -0.15) is 0 Å². The molecule has 1 aliphatic rings. The van der Waals surface area contributed by atoms with Crippen molar-refractivity contribution in [3.63, 3.8) is 0 Å². The van der Waals surface area contributed by atoms with Gasteiger partial charge < -0.3 is 4.42 Å². The van der Waals surface area contributed by atoms with Crippen LogP contribution in [-0.4, -0.2) is 13.4 Å². The Labute approximate surface area is 163 Å². The lowest BCUT2D eigenvalue weighted by molar-refractivity contribution is 0.458. The first kappa shape index (κ1) is 18.3. The third-order valence-electron chi connectivity index (χ3n) is 4.95. The Kier molecular flexibility index (Phi) is 4.82. The predicted octanol–water partition coefficient (Wildman–Crippen LogP) is 5.48. The summed E-state index contributed by atoms with van der Waals surface area (Å²) in [7, 11) is -3.64. The maximum absolute atomic E-state index is 12.8. The van der Waals surface area contributed by atoms with Gasteiger partial charge in [0, 0.05) is 5.92 Å². The van der Waals surface area contributed by atoms with Crippen molar-refractivity contribution in [3.05, 3.63) is 53.5 Å². The Bertz CT molecular complexity index is 1060. The molecule has 1 aromatic carbocycles. The Hall–Kier alpha value is -2.12. The van der Waals surface area contributed by atoms with Gasteiger partial charge in [-0.05, 0) is 56.0 Å². The molecule has 0 unspecified atom stereocenters. The lowest BCUT2D eigenvalue weighted by Crippen LogP contribution is -2.12. The van der Waals surface area contributed by atoms with E-state index in [1.54, 1.807) is 18.3 Å². The Balaban J connectivity index is 1.57. The second-order valence-corrected chi connectivity index (χ2v) is 10.1. The first-order valence-corrected chi connectivity index (χ1v) is 11.4. The highest BCUT2D eigenvalue weighted by Gasteiger charge is 2.23. The fourth-order valence-corrected chi connectivity index (χ4v) is 5.78. The van der Waals surface area contributed by atoms with Crippen LogP contribution in [0.1, 0.15) is 48.6 Å². The molecule has 142 valence electrons. The predicted molar refractivity (Wildman–Crippen MR) is 108 cm³/mol. The first-order chi connectivity index (χ1) is 12.9. The normalized spacial score (nSPS) is 15.3. The molecule has 0 bridgehead atoms. The standard InChI is InChI=1S/C20H22N2O3S2/c1-13-7-8-14(2)16(11-13)22-27(23,24)19-10-9-18(26-19)17-12-21-20(25-17)15-5-3-4-6-15/h7-12,15,22H,3-6H2,1-2H3. The van der Waals surface area contributed by atoms with Crippen LogP contribution in [-0.2, 0) is 10.0 Å². The van der Waals surface area contributed by atoms with Crippen LogP contribution in [0.2, 0.25) is 0 Å².